The Morgan fingerprint density at radius 3 is 2.57 bits per heavy atom. The maximum Gasteiger partial charge on any atom is 0.435 e. The number of halogens is 4. The van der Waals surface area contributed by atoms with Crippen LogP contribution in [0.15, 0.2) is 30.6 Å². The van der Waals surface area contributed by atoms with Gasteiger partial charge >= 0.3 is 6.18 Å². The molecule has 4 nitrogen and oxygen atoms in total. The van der Waals surface area contributed by atoms with Crippen molar-refractivity contribution in [2.45, 2.75) is 19.0 Å². The predicted molar refractivity (Wildman–Crippen MR) is 74.0 cm³/mol. The maximum atomic E-state index is 13.3. The summed E-state index contributed by atoms with van der Waals surface area (Å²) in [7, 11) is 0. The molecule has 0 atom stereocenters. The van der Waals surface area contributed by atoms with E-state index in [9.17, 15) is 22.4 Å². The second-order valence-electron chi connectivity index (χ2n) is 5.10. The average molecular weight is 325 g/mol. The number of carbonyl (C=O) groups is 1. The highest BCUT2D eigenvalue weighted by Gasteiger charge is 2.39. The molecule has 1 amide bonds. The fourth-order valence-corrected chi connectivity index (χ4v) is 2.49. The van der Waals surface area contributed by atoms with Crippen LogP contribution in [-0.2, 0) is 11.0 Å². The fraction of sp³-hybridized carbons (Fsp3) is 0.267. The topological polar surface area (TPSA) is 46.1 Å². The molecule has 2 aromatic rings. The Balaban J connectivity index is 2.11. The van der Waals surface area contributed by atoms with Crippen LogP contribution in [0.3, 0.4) is 0 Å². The molecule has 2 aromatic heterocycles. The van der Waals surface area contributed by atoms with Crippen molar-refractivity contribution in [3.63, 3.8) is 0 Å². The third-order valence-electron chi connectivity index (χ3n) is 3.51. The van der Waals surface area contributed by atoms with Crippen LogP contribution in [0, 0.1) is 5.82 Å². The summed E-state index contributed by atoms with van der Waals surface area (Å²) in [6, 6.07) is 3.57. The molecule has 1 fully saturated rings. The highest BCUT2D eigenvalue weighted by atomic mass is 19.4. The molecule has 3 rings (SSSR count). The van der Waals surface area contributed by atoms with Crippen LogP contribution in [0.2, 0.25) is 0 Å². The zero-order chi connectivity index (χ0) is 16.6. The third kappa shape index (κ3) is 3.01. The van der Waals surface area contributed by atoms with Crippen molar-refractivity contribution in [1.82, 2.24) is 9.97 Å². The van der Waals surface area contributed by atoms with Crippen molar-refractivity contribution in [3.05, 3.63) is 42.1 Å². The van der Waals surface area contributed by atoms with Gasteiger partial charge in [0.2, 0.25) is 5.91 Å². The van der Waals surface area contributed by atoms with Crippen LogP contribution in [0.4, 0.5) is 23.2 Å². The normalized spacial score (nSPS) is 15.3. The number of alkyl halides is 3. The van der Waals surface area contributed by atoms with Gasteiger partial charge in [-0.2, -0.15) is 13.2 Å². The van der Waals surface area contributed by atoms with Crippen LogP contribution in [0.25, 0.3) is 11.3 Å². The number of rotatable bonds is 2. The second kappa shape index (κ2) is 5.60. The molecular weight excluding hydrogens is 314 g/mol. The van der Waals surface area contributed by atoms with Gasteiger partial charge in [-0.25, -0.2) is 9.37 Å². The van der Waals surface area contributed by atoms with E-state index < -0.39 is 17.7 Å². The predicted octanol–water partition coefficient (Wildman–Crippen LogP) is 3.43. The van der Waals surface area contributed by atoms with E-state index in [4.69, 9.17) is 0 Å². The number of amides is 1. The summed E-state index contributed by atoms with van der Waals surface area (Å²) in [6.07, 6.45) is -1.83. The molecule has 0 spiro atoms. The van der Waals surface area contributed by atoms with Crippen LogP contribution in [0.1, 0.15) is 18.5 Å². The van der Waals surface area contributed by atoms with Gasteiger partial charge in [-0.05, 0) is 24.6 Å². The first kappa shape index (κ1) is 15.4. The minimum Gasteiger partial charge on any atom is -0.310 e. The number of anilines is 1. The van der Waals surface area contributed by atoms with Crippen molar-refractivity contribution in [3.8, 4) is 11.3 Å². The van der Waals surface area contributed by atoms with Crippen molar-refractivity contribution in [2.75, 3.05) is 11.4 Å². The van der Waals surface area contributed by atoms with Crippen LogP contribution >= 0.6 is 0 Å². The number of nitrogens with zero attached hydrogens (tertiary/aromatic N) is 3. The Labute approximate surface area is 128 Å². The number of pyridine rings is 2. The van der Waals surface area contributed by atoms with Crippen LogP contribution in [0.5, 0.6) is 0 Å². The first-order valence-electron chi connectivity index (χ1n) is 6.86. The maximum absolute atomic E-state index is 13.3. The summed E-state index contributed by atoms with van der Waals surface area (Å²) in [4.78, 5) is 20.0. The van der Waals surface area contributed by atoms with Crippen molar-refractivity contribution >= 4 is 11.6 Å². The largest absolute Gasteiger partial charge is 0.435 e. The lowest BCUT2D eigenvalue weighted by Gasteiger charge is -2.21. The van der Waals surface area contributed by atoms with E-state index in [1.54, 1.807) is 0 Å². The first-order chi connectivity index (χ1) is 10.9. The molecule has 0 aromatic carbocycles. The molecule has 1 aliphatic rings. The minimum absolute atomic E-state index is 0.0558. The molecule has 1 saturated heterocycles. The van der Waals surface area contributed by atoms with E-state index >= 15 is 0 Å². The number of aromatic nitrogens is 2. The summed E-state index contributed by atoms with van der Waals surface area (Å²) in [6.45, 7) is 0.227. The summed E-state index contributed by atoms with van der Waals surface area (Å²) in [5.41, 5.74) is -1.35. The lowest BCUT2D eigenvalue weighted by molar-refractivity contribution is -0.140. The van der Waals surface area contributed by atoms with E-state index in [-0.39, 0.29) is 35.8 Å². The lowest BCUT2D eigenvalue weighted by Crippen LogP contribution is -2.27. The molecule has 120 valence electrons. The highest BCUT2D eigenvalue weighted by Crippen LogP contribution is 2.38. The molecule has 0 radical (unpaired) electrons. The lowest BCUT2D eigenvalue weighted by atomic mass is 10.1. The molecule has 0 bridgehead atoms. The standard InChI is InChI=1S/C15H11F4N3O/c16-10-6-9(7-20-8-10)11-3-4-12(14(21-11)15(17,18)19)22-5-1-2-13(22)23/h3-4,6-8H,1-2,5H2. The zero-order valence-electron chi connectivity index (χ0n) is 11.8. The van der Waals surface area contributed by atoms with E-state index in [2.05, 4.69) is 9.97 Å². The Kier molecular flexibility index (Phi) is 3.75. The molecule has 1 aliphatic heterocycles. The highest BCUT2D eigenvalue weighted by molar-refractivity contribution is 5.96. The Morgan fingerprint density at radius 2 is 1.96 bits per heavy atom. The van der Waals surface area contributed by atoms with Gasteiger partial charge in [0.05, 0.1) is 17.6 Å². The van der Waals surface area contributed by atoms with Crippen molar-refractivity contribution in [2.24, 2.45) is 0 Å². The number of hydrogen-bond acceptors (Lipinski definition) is 3. The van der Waals surface area contributed by atoms with E-state index in [0.29, 0.717) is 6.42 Å². The van der Waals surface area contributed by atoms with E-state index in [1.807, 2.05) is 0 Å². The fourth-order valence-electron chi connectivity index (χ4n) is 2.49. The van der Waals surface area contributed by atoms with Gasteiger partial charge in [0.1, 0.15) is 5.82 Å². The monoisotopic (exact) mass is 325 g/mol. The molecule has 0 saturated carbocycles. The average Bonchev–Trinajstić information content (AvgIpc) is 2.92. The molecule has 0 aliphatic carbocycles. The van der Waals surface area contributed by atoms with E-state index in [1.165, 1.54) is 18.3 Å². The SMILES string of the molecule is O=C1CCCN1c1ccc(-c2cncc(F)c2)nc1C(F)(F)F. The Hall–Kier alpha value is -2.51. The number of hydrogen-bond donors (Lipinski definition) is 0. The molecular formula is C15H11F4N3O. The van der Waals surface area contributed by atoms with Crippen LogP contribution < -0.4 is 4.90 Å². The quantitative estimate of drug-likeness (QED) is 0.795. The third-order valence-corrected chi connectivity index (χ3v) is 3.51. The number of carbonyl (C=O) groups excluding carboxylic acids is 1. The molecule has 0 unspecified atom stereocenters. The van der Waals surface area contributed by atoms with Crippen LogP contribution in [-0.4, -0.2) is 22.4 Å². The summed E-state index contributed by atoms with van der Waals surface area (Å²) in [5, 5.41) is 0. The van der Waals surface area contributed by atoms with Crippen molar-refractivity contribution in [1.29, 1.82) is 0 Å². The van der Waals surface area contributed by atoms with Gasteiger partial charge in [-0.15, -0.1) is 0 Å². The summed E-state index contributed by atoms with van der Waals surface area (Å²) >= 11 is 0. The smallest absolute Gasteiger partial charge is 0.310 e. The van der Waals surface area contributed by atoms with Gasteiger partial charge in [-0.1, -0.05) is 0 Å². The second-order valence-corrected chi connectivity index (χ2v) is 5.10. The molecule has 0 N–H and O–H groups in total. The minimum atomic E-state index is -4.73. The molecule has 23 heavy (non-hydrogen) atoms. The van der Waals surface area contributed by atoms with Gasteiger partial charge in [0, 0.05) is 24.7 Å². The Bertz CT molecular complexity index is 761. The summed E-state index contributed by atoms with van der Waals surface area (Å²) < 4.78 is 53.1. The first-order valence-corrected chi connectivity index (χ1v) is 6.86. The van der Waals surface area contributed by atoms with Gasteiger partial charge < -0.3 is 4.90 Å². The van der Waals surface area contributed by atoms with Gasteiger partial charge in [0.25, 0.3) is 0 Å². The molecule has 3 heterocycles. The molecule has 8 heteroatoms. The van der Waals surface area contributed by atoms with Gasteiger partial charge in [0.15, 0.2) is 5.69 Å². The van der Waals surface area contributed by atoms with Gasteiger partial charge in [-0.3, -0.25) is 9.78 Å². The Morgan fingerprint density at radius 1 is 1.17 bits per heavy atom. The summed E-state index contributed by atoms with van der Waals surface area (Å²) in [5.74, 6) is -1.03. The zero-order valence-corrected chi connectivity index (χ0v) is 11.8. The van der Waals surface area contributed by atoms with E-state index in [0.717, 1.165) is 17.2 Å². The van der Waals surface area contributed by atoms with Crippen molar-refractivity contribution < 1.29 is 22.4 Å².